The Balaban J connectivity index is 2.67. The maximum atomic E-state index is 11.1. The number of methoxy groups -OCH3 is 1. The maximum absolute atomic E-state index is 11.1. The van der Waals surface area contributed by atoms with Crippen molar-refractivity contribution in [3.05, 3.63) is 11.3 Å². The van der Waals surface area contributed by atoms with E-state index in [4.69, 9.17) is 0 Å². The van der Waals surface area contributed by atoms with Crippen LogP contribution in [0, 0.1) is 6.92 Å². The minimum atomic E-state index is -0.173. The predicted molar refractivity (Wildman–Crippen MR) is 77.3 cm³/mol. The van der Waals surface area contributed by atoms with Crippen LogP contribution < -0.4 is 5.32 Å². The lowest BCUT2D eigenvalue weighted by molar-refractivity contribution is -0.140. The Morgan fingerprint density at radius 3 is 2.79 bits per heavy atom. The molecule has 1 aromatic rings. The number of nitrogens with zero attached hydrogens (tertiary/aromatic N) is 2. The summed E-state index contributed by atoms with van der Waals surface area (Å²) in [5.41, 5.74) is 2.25. The predicted octanol–water partition coefficient (Wildman–Crippen LogP) is 1.88. The van der Waals surface area contributed by atoms with Gasteiger partial charge in [0.05, 0.1) is 24.3 Å². The van der Waals surface area contributed by atoms with Gasteiger partial charge in [0.25, 0.3) is 0 Å². The van der Waals surface area contributed by atoms with Crippen molar-refractivity contribution >= 4 is 17.7 Å². The Morgan fingerprint density at radius 1 is 1.53 bits per heavy atom. The summed E-state index contributed by atoms with van der Waals surface area (Å²) in [6.45, 7) is 7.06. The minimum Gasteiger partial charge on any atom is -0.469 e. The Kier molecular flexibility index (Phi) is 6.37. The summed E-state index contributed by atoms with van der Waals surface area (Å²) >= 11 is 1.65. The van der Waals surface area contributed by atoms with Crippen molar-refractivity contribution in [1.82, 2.24) is 15.1 Å². The van der Waals surface area contributed by atoms with Gasteiger partial charge in [-0.2, -0.15) is 5.10 Å². The number of aromatic nitrogens is 2. The van der Waals surface area contributed by atoms with Gasteiger partial charge in [-0.1, -0.05) is 13.8 Å². The van der Waals surface area contributed by atoms with Crippen LogP contribution >= 0.6 is 11.8 Å². The number of carbonyl (C=O) groups is 1. The smallest absolute Gasteiger partial charge is 0.306 e. The van der Waals surface area contributed by atoms with Gasteiger partial charge >= 0.3 is 5.97 Å². The van der Waals surface area contributed by atoms with Crippen molar-refractivity contribution in [3.63, 3.8) is 0 Å². The summed E-state index contributed by atoms with van der Waals surface area (Å²) in [6.07, 6.45) is 0.419. The first kappa shape index (κ1) is 16.0. The van der Waals surface area contributed by atoms with Gasteiger partial charge in [0, 0.05) is 31.0 Å². The van der Waals surface area contributed by atoms with E-state index in [-0.39, 0.29) is 5.97 Å². The topological polar surface area (TPSA) is 56.1 Å². The molecule has 0 spiro atoms. The van der Waals surface area contributed by atoms with Gasteiger partial charge in [0.15, 0.2) is 0 Å². The Hall–Kier alpha value is -1.01. The summed E-state index contributed by atoms with van der Waals surface area (Å²) < 4.78 is 6.53. The molecule has 1 rings (SSSR count). The van der Waals surface area contributed by atoms with Gasteiger partial charge in [0.1, 0.15) is 0 Å². The zero-order chi connectivity index (χ0) is 14.4. The number of aryl methyl sites for hydroxylation is 2. The lowest BCUT2D eigenvalue weighted by Gasteiger charge is -2.10. The molecule has 0 aliphatic rings. The third kappa shape index (κ3) is 4.87. The molecule has 0 radical (unpaired) electrons. The molecule has 1 aromatic heterocycles. The van der Waals surface area contributed by atoms with Gasteiger partial charge in [-0.25, -0.2) is 0 Å². The number of thioether (sulfide) groups is 1. The van der Waals surface area contributed by atoms with E-state index in [1.807, 2.05) is 18.7 Å². The molecule has 6 heteroatoms. The largest absolute Gasteiger partial charge is 0.469 e. The normalized spacial score (nSPS) is 11.1. The molecule has 0 aliphatic carbocycles. The fraction of sp³-hybridized carbons (Fsp3) is 0.692. The second kappa shape index (κ2) is 7.55. The monoisotopic (exact) mass is 285 g/mol. The molecule has 0 aliphatic heterocycles. The van der Waals surface area contributed by atoms with E-state index in [2.05, 4.69) is 29.0 Å². The van der Waals surface area contributed by atoms with E-state index >= 15 is 0 Å². The molecule has 0 fully saturated rings. The number of ether oxygens (including phenoxy) is 1. The molecule has 0 bridgehead atoms. The molecule has 1 N–H and O–H groups in total. The molecule has 0 saturated carbocycles. The van der Waals surface area contributed by atoms with Crippen molar-refractivity contribution in [1.29, 1.82) is 0 Å². The third-order valence-corrected chi connectivity index (χ3v) is 3.94. The van der Waals surface area contributed by atoms with Crippen LogP contribution in [0.25, 0.3) is 0 Å². The lowest BCUT2D eigenvalue weighted by Crippen LogP contribution is -2.22. The Labute approximate surface area is 119 Å². The second-order valence-electron chi connectivity index (χ2n) is 4.70. The van der Waals surface area contributed by atoms with E-state index in [9.17, 15) is 4.79 Å². The number of hydrogen-bond acceptors (Lipinski definition) is 5. The molecule has 108 valence electrons. The highest BCUT2D eigenvalue weighted by Crippen LogP contribution is 2.25. The molecular formula is C13H23N3O2S. The standard InChI is InChI=1S/C13H23N3O2S/c1-9(2)14-8-11-10(3)15-16(4)13(11)19-7-6-12(17)18-5/h9,14H,6-8H2,1-5H3. The summed E-state index contributed by atoms with van der Waals surface area (Å²) in [7, 11) is 3.35. The van der Waals surface area contributed by atoms with Gasteiger partial charge < -0.3 is 10.1 Å². The van der Waals surface area contributed by atoms with Crippen molar-refractivity contribution in [2.24, 2.45) is 7.05 Å². The SMILES string of the molecule is COC(=O)CCSc1c(CNC(C)C)c(C)nn1C. The zero-order valence-corrected chi connectivity index (χ0v) is 13.1. The summed E-state index contributed by atoms with van der Waals surface area (Å²) in [5, 5.41) is 8.97. The first-order valence-corrected chi connectivity index (χ1v) is 7.39. The molecule has 19 heavy (non-hydrogen) atoms. The highest BCUT2D eigenvalue weighted by atomic mass is 32.2. The van der Waals surface area contributed by atoms with Crippen molar-refractivity contribution in [3.8, 4) is 0 Å². The van der Waals surface area contributed by atoms with Crippen LogP contribution in [0.3, 0.4) is 0 Å². The molecule has 0 aromatic carbocycles. The van der Waals surface area contributed by atoms with E-state index in [1.165, 1.54) is 12.7 Å². The molecular weight excluding hydrogens is 262 g/mol. The van der Waals surface area contributed by atoms with E-state index < -0.39 is 0 Å². The molecule has 0 unspecified atom stereocenters. The van der Waals surface area contributed by atoms with Crippen molar-refractivity contribution in [2.75, 3.05) is 12.9 Å². The Bertz CT molecular complexity index is 430. The lowest BCUT2D eigenvalue weighted by atomic mass is 10.2. The molecule has 5 nitrogen and oxygen atoms in total. The van der Waals surface area contributed by atoms with Crippen molar-refractivity contribution < 1.29 is 9.53 Å². The van der Waals surface area contributed by atoms with Crippen LogP contribution in [-0.4, -0.2) is 34.7 Å². The highest BCUT2D eigenvalue weighted by Gasteiger charge is 2.14. The van der Waals surface area contributed by atoms with E-state index in [0.717, 1.165) is 17.3 Å². The van der Waals surface area contributed by atoms with Crippen LogP contribution in [0.15, 0.2) is 5.03 Å². The Morgan fingerprint density at radius 2 is 2.21 bits per heavy atom. The highest BCUT2D eigenvalue weighted by molar-refractivity contribution is 7.99. The van der Waals surface area contributed by atoms with Gasteiger partial charge in [-0.15, -0.1) is 11.8 Å². The fourth-order valence-electron chi connectivity index (χ4n) is 1.70. The summed E-state index contributed by atoms with van der Waals surface area (Å²) in [5.74, 6) is 0.536. The number of carbonyl (C=O) groups excluding carboxylic acids is 1. The molecule has 0 atom stereocenters. The average molecular weight is 285 g/mol. The average Bonchev–Trinajstić information content (AvgIpc) is 2.61. The van der Waals surface area contributed by atoms with E-state index in [0.29, 0.717) is 18.2 Å². The number of hydrogen-bond donors (Lipinski definition) is 1. The summed E-state index contributed by atoms with van der Waals surface area (Å²) in [6, 6.07) is 0.438. The minimum absolute atomic E-state index is 0.173. The first-order chi connectivity index (χ1) is 8.95. The van der Waals surface area contributed by atoms with Crippen LogP contribution in [0.1, 0.15) is 31.5 Å². The molecule has 1 heterocycles. The van der Waals surface area contributed by atoms with Crippen molar-refractivity contribution in [2.45, 2.75) is 44.8 Å². The first-order valence-electron chi connectivity index (χ1n) is 6.41. The van der Waals surface area contributed by atoms with E-state index in [1.54, 1.807) is 11.8 Å². The van der Waals surface area contributed by atoms with Gasteiger partial charge in [-0.05, 0) is 6.92 Å². The van der Waals surface area contributed by atoms with Crippen LogP contribution in [0.4, 0.5) is 0 Å². The zero-order valence-electron chi connectivity index (χ0n) is 12.3. The quantitative estimate of drug-likeness (QED) is 0.612. The van der Waals surface area contributed by atoms with Crippen LogP contribution in [0.5, 0.6) is 0 Å². The van der Waals surface area contributed by atoms with Crippen LogP contribution in [0.2, 0.25) is 0 Å². The van der Waals surface area contributed by atoms with Crippen LogP contribution in [-0.2, 0) is 23.1 Å². The number of esters is 1. The van der Waals surface area contributed by atoms with Gasteiger partial charge in [0.2, 0.25) is 0 Å². The molecule has 0 amide bonds. The molecule has 0 saturated heterocycles. The summed E-state index contributed by atoms with van der Waals surface area (Å²) in [4.78, 5) is 11.1. The van der Waals surface area contributed by atoms with Gasteiger partial charge in [-0.3, -0.25) is 9.48 Å². The third-order valence-electron chi connectivity index (χ3n) is 2.75. The number of rotatable bonds is 7. The maximum Gasteiger partial charge on any atom is 0.306 e. The second-order valence-corrected chi connectivity index (χ2v) is 5.79. The number of nitrogens with one attached hydrogen (secondary N) is 1. The fourth-order valence-corrected chi connectivity index (χ4v) is 2.79.